The Morgan fingerprint density at radius 2 is 1.20 bits per heavy atom. The molecule has 0 aliphatic rings. The zero-order valence-corrected chi connectivity index (χ0v) is 10.6. The van der Waals surface area contributed by atoms with Crippen molar-refractivity contribution >= 4 is 9.84 Å². The van der Waals surface area contributed by atoms with Gasteiger partial charge in [-0.25, -0.2) is 8.42 Å². The van der Waals surface area contributed by atoms with Crippen molar-refractivity contribution < 1.29 is 47.9 Å². The lowest BCUT2D eigenvalue weighted by Gasteiger charge is -2.33. The first kappa shape index (κ1) is 19.3. The lowest BCUT2D eigenvalue weighted by Crippen LogP contribution is -2.61. The smallest absolute Gasteiger partial charge is 0.229 e. The zero-order chi connectivity index (χ0) is 16.6. The molecule has 0 bridgehead atoms. The van der Waals surface area contributed by atoms with Crippen LogP contribution in [0.3, 0.4) is 0 Å². The van der Waals surface area contributed by atoms with E-state index < -0.39 is 51.7 Å². The summed E-state index contributed by atoms with van der Waals surface area (Å²) in [6, 6.07) is 0. The van der Waals surface area contributed by atoms with Gasteiger partial charge in [-0.3, -0.25) is 0 Å². The van der Waals surface area contributed by atoms with Crippen LogP contribution in [0.2, 0.25) is 0 Å². The minimum absolute atomic E-state index is 0.746. The molecule has 0 heterocycles. The van der Waals surface area contributed by atoms with E-state index in [0.717, 1.165) is 6.92 Å². The van der Waals surface area contributed by atoms with Gasteiger partial charge in [-0.05, 0) is 0 Å². The van der Waals surface area contributed by atoms with Crippen LogP contribution in [0.25, 0.3) is 0 Å². The van der Waals surface area contributed by atoms with Crippen LogP contribution < -0.4 is 0 Å². The lowest BCUT2D eigenvalue weighted by molar-refractivity contribution is -0.396. The number of sulfone groups is 1. The number of halogens is 9. The van der Waals surface area contributed by atoms with Crippen LogP contribution in [0.15, 0.2) is 0 Å². The topological polar surface area (TPSA) is 34.1 Å². The maximum absolute atomic E-state index is 12.9. The van der Waals surface area contributed by atoms with Gasteiger partial charge in [0.15, 0.2) is 0 Å². The van der Waals surface area contributed by atoms with Crippen LogP contribution in [-0.4, -0.2) is 43.9 Å². The molecule has 0 aromatic heterocycles. The molecule has 0 aliphatic heterocycles. The van der Waals surface area contributed by atoms with E-state index in [1.165, 1.54) is 0 Å². The highest BCUT2D eigenvalue weighted by atomic mass is 32.2. The highest BCUT2D eigenvalue weighted by Crippen LogP contribution is 2.54. The van der Waals surface area contributed by atoms with Crippen molar-refractivity contribution in [3.8, 4) is 0 Å². The number of hydrogen-bond acceptors (Lipinski definition) is 2. The fourth-order valence-corrected chi connectivity index (χ4v) is 1.85. The Bertz CT molecular complexity index is 437. The summed E-state index contributed by atoms with van der Waals surface area (Å²) in [6.07, 6.45) is -9.24. The normalized spacial score (nSPS) is 15.5. The molecule has 0 rings (SSSR count). The second kappa shape index (κ2) is 5.26. The molecule has 122 valence electrons. The van der Waals surface area contributed by atoms with Crippen molar-refractivity contribution in [1.29, 1.82) is 0 Å². The molecule has 0 aromatic rings. The highest BCUT2D eigenvalue weighted by Gasteiger charge is 2.81. The van der Waals surface area contributed by atoms with Crippen molar-refractivity contribution in [2.24, 2.45) is 0 Å². The standard InChI is InChI=1S/C8H9F9O2S/c1-2-20(18,19)4-3-5(9,10)6(11,12)7(13,14)8(15,16)17/h2-4H2,1H3. The summed E-state index contributed by atoms with van der Waals surface area (Å²) in [4.78, 5) is 0. The molecule has 0 saturated carbocycles. The summed E-state index contributed by atoms with van der Waals surface area (Å²) in [5.41, 5.74) is 0. The fourth-order valence-electron chi connectivity index (χ4n) is 0.993. The SMILES string of the molecule is CCS(=O)(=O)CCC(F)(F)C(F)(F)C(F)(F)C(F)(F)F. The Balaban J connectivity index is 5.38. The largest absolute Gasteiger partial charge is 0.460 e. The Labute approximate surface area is 107 Å². The monoisotopic (exact) mass is 340 g/mol. The van der Waals surface area contributed by atoms with Crippen LogP contribution in [0, 0.1) is 0 Å². The van der Waals surface area contributed by atoms with Crippen LogP contribution >= 0.6 is 0 Å². The molecule has 2 nitrogen and oxygen atoms in total. The van der Waals surface area contributed by atoms with Gasteiger partial charge in [0.2, 0.25) is 0 Å². The predicted molar refractivity (Wildman–Crippen MR) is 49.8 cm³/mol. The predicted octanol–water partition coefficient (Wildman–Crippen LogP) is 3.28. The molecule has 0 aromatic carbocycles. The average molecular weight is 340 g/mol. The van der Waals surface area contributed by atoms with E-state index in [1.54, 1.807) is 0 Å². The first-order valence-corrected chi connectivity index (χ1v) is 6.74. The molecule has 0 unspecified atom stereocenters. The number of hydrogen-bond donors (Lipinski definition) is 0. The minimum atomic E-state index is -6.99. The van der Waals surface area contributed by atoms with Gasteiger partial charge in [-0.15, -0.1) is 0 Å². The van der Waals surface area contributed by atoms with E-state index in [1.807, 2.05) is 0 Å². The molecule has 0 N–H and O–H groups in total. The van der Waals surface area contributed by atoms with Crippen molar-refractivity contribution in [1.82, 2.24) is 0 Å². The van der Waals surface area contributed by atoms with Gasteiger partial charge in [-0.1, -0.05) is 6.92 Å². The highest BCUT2D eigenvalue weighted by molar-refractivity contribution is 7.91. The first-order chi connectivity index (χ1) is 8.52. The average Bonchev–Trinajstić information content (AvgIpc) is 2.24. The summed E-state index contributed by atoms with van der Waals surface area (Å²) < 4.78 is 133. The summed E-state index contributed by atoms with van der Waals surface area (Å²) in [7, 11) is -4.23. The van der Waals surface area contributed by atoms with Crippen LogP contribution in [0.4, 0.5) is 39.5 Å². The van der Waals surface area contributed by atoms with Gasteiger partial charge in [-0.2, -0.15) is 39.5 Å². The maximum Gasteiger partial charge on any atom is 0.460 e. The van der Waals surface area contributed by atoms with Gasteiger partial charge in [0.05, 0.1) is 5.75 Å². The van der Waals surface area contributed by atoms with E-state index in [0.29, 0.717) is 0 Å². The third kappa shape index (κ3) is 3.50. The summed E-state index contributed by atoms with van der Waals surface area (Å²) in [6.45, 7) is 0.968. The van der Waals surface area contributed by atoms with Gasteiger partial charge < -0.3 is 0 Å². The quantitative estimate of drug-likeness (QED) is 0.696. The lowest BCUT2D eigenvalue weighted by atomic mass is 10.0. The third-order valence-corrected chi connectivity index (χ3v) is 4.08. The van der Waals surface area contributed by atoms with E-state index in [9.17, 15) is 47.9 Å². The maximum atomic E-state index is 12.9. The van der Waals surface area contributed by atoms with Crippen molar-refractivity contribution in [3.63, 3.8) is 0 Å². The molecule has 0 radical (unpaired) electrons. The number of rotatable bonds is 6. The van der Waals surface area contributed by atoms with Crippen molar-refractivity contribution in [2.75, 3.05) is 11.5 Å². The number of alkyl halides is 9. The Morgan fingerprint density at radius 1 is 0.800 bits per heavy atom. The zero-order valence-electron chi connectivity index (χ0n) is 9.75. The van der Waals surface area contributed by atoms with Crippen LogP contribution in [0.5, 0.6) is 0 Å². The molecule has 20 heavy (non-hydrogen) atoms. The van der Waals surface area contributed by atoms with E-state index in [-0.39, 0.29) is 0 Å². The van der Waals surface area contributed by atoms with E-state index >= 15 is 0 Å². The van der Waals surface area contributed by atoms with Crippen LogP contribution in [-0.2, 0) is 9.84 Å². The van der Waals surface area contributed by atoms with E-state index in [4.69, 9.17) is 0 Å². The molecule has 0 saturated heterocycles. The van der Waals surface area contributed by atoms with Crippen molar-refractivity contribution in [2.45, 2.75) is 37.3 Å². The molecule has 0 atom stereocenters. The Kier molecular flexibility index (Phi) is 5.08. The van der Waals surface area contributed by atoms with Gasteiger partial charge in [0.1, 0.15) is 9.84 Å². The summed E-state index contributed by atoms with van der Waals surface area (Å²) in [5, 5.41) is 0. The van der Waals surface area contributed by atoms with Crippen molar-refractivity contribution in [3.05, 3.63) is 0 Å². The second-order valence-electron chi connectivity index (χ2n) is 3.84. The van der Waals surface area contributed by atoms with Gasteiger partial charge >= 0.3 is 23.9 Å². The Hall–Kier alpha value is -0.680. The molecule has 0 amide bonds. The van der Waals surface area contributed by atoms with E-state index in [2.05, 4.69) is 0 Å². The fraction of sp³-hybridized carbons (Fsp3) is 1.00. The summed E-state index contributed by atoms with van der Waals surface area (Å²) in [5.74, 6) is -22.0. The van der Waals surface area contributed by atoms with Crippen LogP contribution in [0.1, 0.15) is 13.3 Å². The van der Waals surface area contributed by atoms with Gasteiger partial charge in [0.25, 0.3) is 0 Å². The first-order valence-electron chi connectivity index (χ1n) is 4.92. The van der Waals surface area contributed by atoms with Gasteiger partial charge in [0, 0.05) is 12.2 Å². The molecule has 0 fully saturated rings. The third-order valence-electron chi connectivity index (χ3n) is 2.38. The molecule has 12 heteroatoms. The second-order valence-corrected chi connectivity index (χ2v) is 6.31. The Morgan fingerprint density at radius 3 is 1.50 bits per heavy atom. The molecular weight excluding hydrogens is 331 g/mol. The molecule has 0 spiro atoms. The molecule has 0 aliphatic carbocycles. The minimum Gasteiger partial charge on any atom is -0.229 e. The summed E-state index contributed by atoms with van der Waals surface area (Å²) >= 11 is 0. The molecular formula is C8H9F9O2S.